The van der Waals surface area contributed by atoms with Crippen molar-refractivity contribution in [1.82, 2.24) is 4.57 Å². The van der Waals surface area contributed by atoms with Gasteiger partial charge in [0.2, 0.25) is 5.88 Å². The summed E-state index contributed by atoms with van der Waals surface area (Å²) in [5, 5.41) is 28.5. The minimum absolute atomic E-state index is 0.0149. The molecule has 3 aromatic rings. The van der Waals surface area contributed by atoms with Gasteiger partial charge in [-0.2, -0.15) is 10.4 Å². The van der Waals surface area contributed by atoms with E-state index in [1.807, 2.05) is 61.5 Å². The molecule has 0 fully saturated rings. The molecule has 1 aromatic heterocycles. The number of azo groups is 1. The summed E-state index contributed by atoms with van der Waals surface area (Å²) in [7, 11) is 0. The molecule has 140 valence electrons. The smallest absolute Gasteiger partial charge is 0.282 e. The molecule has 0 aliphatic heterocycles. The Morgan fingerprint density at radius 2 is 1.68 bits per heavy atom. The summed E-state index contributed by atoms with van der Waals surface area (Å²) in [5.74, 6) is -0.365. The van der Waals surface area contributed by atoms with E-state index in [0.29, 0.717) is 11.3 Å². The molecular formula is C22H20N4O2. The largest absolute Gasteiger partial charge is 0.493 e. The monoisotopic (exact) mass is 372 g/mol. The van der Waals surface area contributed by atoms with Crippen molar-refractivity contribution < 1.29 is 5.11 Å². The van der Waals surface area contributed by atoms with Crippen LogP contribution in [0, 0.1) is 25.2 Å². The van der Waals surface area contributed by atoms with Crippen molar-refractivity contribution in [3.8, 4) is 11.9 Å². The zero-order valence-electron chi connectivity index (χ0n) is 15.9. The normalized spacial score (nSPS) is 12.1. The van der Waals surface area contributed by atoms with Gasteiger partial charge in [-0.1, -0.05) is 48.5 Å². The molecule has 0 aliphatic carbocycles. The van der Waals surface area contributed by atoms with Gasteiger partial charge in [0.1, 0.15) is 11.6 Å². The molecular weight excluding hydrogens is 352 g/mol. The van der Waals surface area contributed by atoms with Gasteiger partial charge >= 0.3 is 0 Å². The first-order valence-electron chi connectivity index (χ1n) is 8.86. The van der Waals surface area contributed by atoms with E-state index < -0.39 is 11.6 Å². The Kier molecular flexibility index (Phi) is 5.37. The number of rotatable bonds is 4. The zero-order chi connectivity index (χ0) is 20.3. The Morgan fingerprint density at radius 1 is 1.04 bits per heavy atom. The summed E-state index contributed by atoms with van der Waals surface area (Å²) in [5.41, 5.74) is 2.24. The third-order valence-corrected chi connectivity index (χ3v) is 4.76. The Labute approximate surface area is 163 Å². The van der Waals surface area contributed by atoms with Crippen molar-refractivity contribution in [3.63, 3.8) is 0 Å². The number of aromatic nitrogens is 1. The fraction of sp³-hybridized carbons (Fsp3) is 0.182. The molecule has 0 bridgehead atoms. The number of nitriles is 1. The van der Waals surface area contributed by atoms with Crippen LogP contribution in [0.1, 0.15) is 35.2 Å². The van der Waals surface area contributed by atoms with Crippen LogP contribution >= 0.6 is 0 Å². The van der Waals surface area contributed by atoms with E-state index in [2.05, 4.69) is 10.2 Å². The van der Waals surface area contributed by atoms with Gasteiger partial charge in [0.15, 0.2) is 5.69 Å². The number of hydrogen-bond acceptors (Lipinski definition) is 5. The summed E-state index contributed by atoms with van der Waals surface area (Å²) in [4.78, 5) is 13.1. The van der Waals surface area contributed by atoms with Gasteiger partial charge in [-0.25, -0.2) is 0 Å². The van der Waals surface area contributed by atoms with E-state index in [0.717, 1.165) is 11.1 Å². The van der Waals surface area contributed by atoms with E-state index >= 15 is 0 Å². The molecule has 1 heterocycles. The molecule has 0 aliphatic rings. The molecule has 0 spiro atoms. The Balaban J connectivity index is 2.20. The van der Waals surface area contributed by atoms with Gasteiger partial charge < -0.3 is 5.11 Å². The molecule has 0 saturated heterocycles. The van der Waals surface area contributed by atoms with Crippen LogP contribution in [0.15, 0.2) is 69.6 Å². The second kappa shape index (κ2) is 7.89. The molecule has 0 amide bonds. The second-order valence-electron chi connectivity index (χ2n) is 6.53. The average molecular weight is 372 g/mol. The first-order chi connectivity index (χ1) is 13.5. The van der Waals surface area contributed by atoms with Crippen LogP contribution < -0.4 is 5.56 Å². The molecule has 28 heavy (non-hydrogen) atoms. The van der Waals surface area contributed by atoms with Crippen LogP contribution in [-0.4, -0.2) is 9.67 Å². The fourth-order valence-electron chi connectivity index (χ4n) is 3.05. The summed E-state index contributed by atoms with van der Waals surface area (Å²) in [6, 6.07) is 18.2. The number of pyridine rings is 1. The first-order valence-corrected chi connectivity index (χ1v) is 8.86. The van der Waals surface area contributed by atoms with Crippen molar-refractivity contribution in [2.45, 2.75) is 26.8 Å². The van der Waals surface area contributed by atoms with Crippen molar-refractivity contribution in [2.75, 3.05) is 0 Å². The van der Waals surface area contributed by atoms with Crippen molar-refractivity contribution in [3.05, 3.63) is 87.2 Å². The minimum Gasteiger partial charge on any atom is -0.493 e. The van der Waals surface area contributed by atoms with Gasteiger partial charge in [0, 0.05) is 5.56 Å². The molecule has 3 rings (SSSR count). The number of nitrogens with zero attached hydrogens (tertiary/aromatic N) is 4. The van der Waals surface area contributed by atoms with Crippen LogP contribution in [0.3, 0.4) is 0 Å². The Morgan fingerprint density at radius 3 is 2.32 bits per heavy atom. The van der Waals surface area contributed by atoms with Crippen LogP contribution in [0.5, 0.6) is 5.88 Å². The molecule has 1 N–H and O–H groups in total. The Bertz CT molecular complexity index is 1140. The number of aryl methyl sites for hydroxylation is 1. The van der Waals surface area contributed by atoms with Gasteiger partial charge in [-0.3, -0.25) is 9.36 Å². The van der Waals surface area contributed by atoms with E-state index in [1.54, 1.807) is 19.9 Å². The summed E-state index contributed by atoms with van der Waals surface area (Å²) in [6.45, 7) is 5.27. The summed E-state index contributed by atoms with van der Waals surface area (Å²) in [6.07, 6.45) is 0. The Hall–Kier alpha value is -3.72. The van der Waals surface area contributed by atoms with E-state index in [4.69, 9.17) is 0 Å². The standard InChI is InChI=1S/C22H20N4O2/c1-14-9-7-8-12-19(14)24-25-20-15(2)18(13-23)21(27)26(22(20)28)16(3)17-10-5-4-6-11-17/h4-12,16,27H,1-3H3. The molecule has 6 nitrogen and oxygen atoms in total. The predicted molar refractivity (Wildman–Crippen MR) is 107 cm³/mol. The average Bonchev–Trinajstić information content (AvgIpc) is 2.70. The molecule has 1 unspecified atom stereocenters. The molecule has 6 heteroatoms. The molecule has 2 aromatic carbocycles. The maximum atomic E-state index is 13.1. The van der Waals surface area contributed by atoms with Crippen LogP contribution in [0.25, 0.3) is 0 Å². The van der Waals surface area contributed by atoms with Gasteiger partial charge in [-0.05, 0) is 38.0 Å². The summed E-state index contributed by atoms with van der Waals surface area (Å²) >= 11 is 0. The van der Waals surface area contributed by atoms with Gasteiger partial charge in [0.05, 0.1) is 11.7 Å². The number of benzene rings is 2. The quantitative estimate of drug-likeness (QED) is 0.648. The summed E-state index contributed by atoms with van der Waals surface area (Å²) < 4.78 is 1.19. The fourth-order valence-corrected chi connectivity index (χ4v) is 3.05. The first kappa shape index (κ1) is 19.1. The lowest BCUT2D eigenvalue weighted by Crippen LogP contribution is -2.25. The molecule has 0 radical (unpaired) electrons. The lowest BCUT2D eigenvalue weighted by Gasteiger charge is -2.19. The molecule has 0 saturated carbocycles. The predicted octanol–water partition coefficient (Wildman–Crippen LogP) is 5.07. The third-order valence-electron chi connectivity index (χ3n) is 4.76. The number of aromatic hydroxyl groups is 1. The highest BCUT2D eigenvalue weighted by molar-refractivity contribution is 5.57. The van der Waals surface area contributed by atoms with Gasteiger partial charge in [0.25, 0.3) is 5.56 Å². The van der Waals surface area contributed by atoms with Crippen molar-refractivity contribution >= 4 is 11.4 Å². The van der Waals surface area contributed by atoms with E-state index in [9.17, 15) is 15.2 Å². The highest BCUT2D eigenvalue weighted by Gasteiger charge is 2.23. The van der Waals surface area contributed by atoms with E-state index in [1.165, 1.54) is 4.57 Å². The minimum atomic E-state index is -0.498. The number of hydrogen-bond donors (Lipinski definition) is 1. The zero-order valence-corrected chi connectivity index (χ0v) is 15.9. The highest BCUT2D eigenvalue weighted by Crippen LogP contribution is 2.31. The lowest BCUT2D eigenvalue weighted by molar-refractivity contribution is 0.393. The van der Waals surface area contributed by atoms with Crippen LogP contribution in [0.2, 0.25) is 0 Å². The highest BCUT2D eigenvalue weighted by atomic mass is 16.3. The van der Waals surface area contributed by atoms with E-state index in [-0.39, 0.29) is 17.1 Å². The molecule has 1 atom stereocenters. The third kappa shape index (κ3) is 3.42. The second-order valence-corrected chi connectivity index (χ2v) is 6.53. The maximum Gasteiger partial charge on any atom is 0.282 e. The van der Waals surface area contributed by atoms with Crippen molar-refractivity contribution in [2.24, 2.45) is 10.2 Å². The maximum absolute atomic E-state index is 13.1. The SMILES string of the molecule is Cc1ccccc1N=Nc1c(C)c(C#N)c(O)n(C(C)c2ccccc2)c1=O. The van der Waals surface area contributed by atoms with Crippen molar-refractivity contribution in [1.29, 1.82) is 5.26 Å². The topological polar surface area (TPSA) is 90.7 Å². The lowest BCUT2D eigenvalue weighted by atomic mass is 10.1. The van der Waals surface area contributed by atoms with Crippen LogP contribution in [-0.2, 0) is 0 Å². The van der Waals surface area contributed by atoms with Crippen LogP contribution in [0.4, 0.5) is 11.4 Å². The van der Waals surface area contributed by atoms with Gasteiger partial charge in [-0.15, -0.1) is 5.11 Å².